The summed E-state index contributed by atoms with van der Waals surface area (Å²) in [5.41, 5.74) is 6.19. The summed E-state index contributed by atoms with van der Waals surface area (Å²) in [7, 11) is 0. The molecule has 11 heteroatoms. The number of hydrogen-bond acceptors (Lipinski definition) is 7. The van der Waals surface area contributed by atoms with Crippen LogP contribution in [-0.2, 0) is 14.4 Å². The van der Waals surface area contributed by atoms with Crippen LogP contribution < -0.4 is 5.73 Å². The maximum atomic E-state index is 13.7. The van der Waals surface area contributed by atoms with E-state index in [1.807, 2.05) is 0 Å². The van der Waals surface area contributed by atoms with Gasteiger partial charge >= 0.3 is 5.97 Å². The molecule has 1 aliphatic carbocycles. The minimum Gasteiger partial charge on any atom is -0.477 e. The quantitative estimate of drug-likeness (QED) is 0.316. The highest BCUT2D eigenvalue weighted by molar-refractivity contribution is 7.12. The molecule has 1 saturated heterocycles. The van der Waals surface area contributed by atoms with Crippen molar-refractivity contribution in [3.05, 3.63) is 28.3 Å². The molecule has 183 valence electrons. The summed E-state index contributed by atoms with van der Waals surface area (Å²) in [6, 6.07) is -1.77. The normalized spacial score (nSPS) is 19.9. The van der Waals surface area contributed by atoms with Gasteiger partial charge in [-0.2, -0.15) is 0 Å². The van der Waals surface area contributed by atoms with Gasteiger partial charge in [0.05, 0.1) is 16.5 Å². The zero-order valence-corrected chi connectivity index (χ0v) is 20.0. The number of thiophene rings is 1. The molecule has 3 amide bonds. The second-order valence-corrected chi connectivity index (χ2v) is 9.57. The van der Waals surface area contributed by atoms with Crippen molar-refractivity contribution in [2.24, 2.45) is 10.7 Å². The van der Waals surface area contributed by atoms with Gasteiger partial charge in [0, 0.05) is 18.0 Å². The molecule has 2 heterocycles. The first kappa shape index (κ1) is 25.7. The largest absolute Gasteiger partial charge is 0.477 e. The van der Waals surface area contributed by atoms with E-state index in [1.54, 1.807) is 6.92 Å². The Morgan fingerprint density at radius 2 is 1.94 bits per heavy atom. The Balaban J connectivity index is 1.93. The van der Waals surface area contributed by atoms with Gasteiger partial charge in [-0.3, -0.25) is 24.7 Å². The average molecular weight is 489 g/mol. The number of amidine groups is 1. The van der Waals surface area contributed by atoms with Crippen molar-refractivity contribution < 1.29 is 24.3 Å². The minimum atomic E-state index is -1.29. The molecule has 3 rings (SSSR count). The highest BCUT2D eigenvalue weighted by Crippen LogP contribution is 2.31. The van der Waals surface area contributed by atoms with Crippen molar-refractivity contribution in [3.63, 3.8) is 0 Å². The number of carbonyl (C=O) groups is 4. The molecular weight excluding hydrogens is 458 g/mol. The fourth-order valence-electron chi connectivity index (χ4n) is 4.56. The summed E-state index contributed by atoms with van der Waals surface area (Å²) in [6.45, 7) is 5.91. The molecule has 34 heavy (non-hydrogen) atoms. The average Bonchev–Trinajstić information content (AvgIpc) is 3.44. The lowest BCUT2D eigenvalue weighted by atomic mass is 9.92. The Hall–Kier alpha value is -2.92. The molecule has 1 aliphatic heterocycles. The van der Waals surface area contributed by atoms with Crippen molar-refractivity contribution in [2.75, 3.05) is 6.54 Å². The van der Waals surface area contributed by atoms with Gasteiger partial charge in [-0.1, -0.05) is 19.3 Å². The number of rotatable bonds is 6. The molecule has 10 nitrogen and oxygen atoms in total. The molecule has 4 N–H and O–H groups in total. The molecule has 2 fully saturated rings. The number of carboxylic acid groups (broad SMARTS) is 1. The Bertz CT molecular complexity index is 1010. The fourth-order valence-corrected chi connectivity index (χ4v) is 5.46. The van der Waals surface area contributed by atoms with Gasteiger partial charge in [0.15, 0.2) is 5.84 Å². The van der Waals surface area contributed by atoms with E-state index in [9.17, 15) is 19.2 Å². The number of hydrogen-bond donors (Lipinski definition) is 3. The number of aliphatic carboxylic acids is 1. The number of imide groups is 1. The summed E-state index contributed by atoms with van der Waals surface area (Å²) >= 11 is 1.05. The summed E-state index contributed by atoms with van der Waals surface area (Å²) in [6.07, 6.45) is 5.93. The third-order valence-corrected chi connectivity index (χ3v) is 7.28. The molecule has 0 bridgehead atoms. The zero-order chi connectivity index (χ0) is 25.0. The molecule has 1 radical (unpaired) electrons. The van der Waals surface area contributed by atoms with E-state index >= 15 is 0 Å². The van der Waals surface area contributed by atoms with Crippen LogP contribution in [0.1, 0.15) is 72.7 Å². The number of nitrogens with one attached hydrogen (secondary N) is 1. The monoisotopic (exact) mass is 488 g/mol. The fraction of sp³-hybridized carbons (Fsp3) is 0.522. The Labute approximate surface area is 202 Å². The van der Waals surface area contributed by atoms with Crippen LogP contribution in [0.4, 0.5) is 0 Å². The van der Waals surface area contributed by atoms with Crippen LogP contribution in [0.25, 0.3) is 0 Å². The van der Waals surface area contributed by atoms with Crippen LogP contribution in [0.3, 0.4) is 0 Å². The summed E-state index contributed by atoms with van der Waals surface area (Å²) < 4.78 is 0. The molecule has 0 aromatic carbocycles. The molecule has 1 saturated carbocycles. The molecule has 2 atom stereocenters. The highest BCUT2D eigenvalue weighted by Gasteiger charge is 2.42. The Morgan fingerprint density at radius 3 is 2.56 bits per heavy atom. The van der Waals surface area contributed by atoms with E-state index in [-0.39, 0.29) is 33.8 Å². The van der Waals surface area contributed by atoms with Crippen LogP contribution in [0.5, 0.6) is 0 Å². The van der Waals surface area contributed by atoms with E-state index in [2.05, 4.69) is 11.9 Å². The lowest BCUT2D eigenvalue weighted by Crippen LogP contribution is -2.55. The number of amides is 3. The van der Waals surface area contributed by atoms with Gasteiger partial charge in [0.2, 0.25) is 5.91 Å². The predicted octanol–water partition coefficient (Wildman–Crippen LogP) is 2.05. The smallest absolute Gasteiger partial charge is 0.347 e. The predicted molar refractivity (Wildman–Crippen MR) is 128 cm³/mol. The van der Waals surface area contributed by atoms with Gasteiger partial charge in [0.1, 0.15) is 12.3 Å². The van der Waals surface area contributed by atoms with Crippen LogP contribution in [0, 0.1) is 12.3 Å². The molecule has 0 spiro atoms. The number of nitrogens with two attached hydrogens (primary N) is 1. The first-order chi connectivity index (χ1) is 16.1. The first-order valence-electron chi connectivity index (χ1n) is 11.4. The molecule has 0 unspecified atom stereocenters. The minimum absolute atomic E-state index is 0.178. The van der Waals surface area contributed by atoms with Gasteiger partial charge in [-0.05, 0) is 45.1 Å². The Kier molecular flexibility index (Phi) is 8.32. The van der Waals surface area contributed by atoms with E-state index in [0.717, 1.165) is 30.6 Å². The molecular formula is C23H30N5O5S. The third kappa shape index (κ3) is 5.41. The standard InChI is InChI=1S/C23H30N5O5S/c1-13-16(12-34-19(13)20(25)26-11-18(29)30)22(32)28(15-7-4-3-5-8-15)23(33)17-9-6-10-27(17)21(31)14(2)24/h11-12,14-15,17,25H,1,3-10,24H2,2H3,(H,29,30)/t14-,17-/m0/s1. The number of likely N-dealkylation sites (tertiary alicyclic amines) is 1. The SMILES string of the molecule is [CH2]c1c(C(=O)N(C(=O)[C@@H]2CCCN2C(=O)[C@H](C)N)C2CCCCC2)csc1C(=N)N=CC(=O)O. The number of nitrogens with zero attached hydrogens (tertiary/aromatic N) is 3. The lowest BCUT2D eigenvalue weighted by molar-refractivity contribution is -0.144. The van der Waals surface area contributed by atoms with Gasteiger partial charge in [-0.25, -0.2) is 9.79 Å². The number of aliphatic imine (C=N–C) groups is 1. The van der Waals surface area contributed by atoms with Crippen molar-refractivity contribution in [1.82, 2.24) is 9.80 Å². The van der Waals surface area contributed by atoms with Crippen molar-refractivity contribution in [2.45, 2.75) is 70.0 Å². The zero-order valence-electron chi connectivity index (χ0n) is 19.2. The van der Waals surface area contributed by atoms with Gasteiger partial charge < -0.3 is 15.7 Å². The van der Waals surface area contributed by atoms with Crippen molar-refractivity contribution in [1.29, 1.82) is 5.41 Å². The van der Waals surface area contributed by atoms with E-state index in [0.29, 0.717) is 38.4 Å². The van der Waals surface area contributed by atoms with Crippen LogP contribution in [0.2, 0.25) is 0 Å². The van der Waals surface area contributed by atoms with Crippen molar-refractivity contribution >= 4 is 47.1 Å². The van der Waals surface area contributed by atoms with Crippen molar-refractivity contribution in [3.8, 4) is 0 Å². The molecule has 2 aliphatic rings. The van der Waals surface area contributed by atoms with Crippen LogP contribution in [0.15, 0.2) is 10.4 Å². The summed E-state index contributed by atoms with van der Waals surface area (Å²) in [4.78, 5) is 57.4. The summed E-state index contributed by atoms with van der Waals surface area (Å²) in [5.74, 6) is -2.85. The van der Waals surface area contributed by atoms with E-state index in [4.69, 9.17) is 16.2 Å². The molecule has 1 aromatic heterocycles. The van der Waals surface area contributed by atoms with E-state index < -0.39 is 29.9 Å². The maximum absolute atomic E-state index is 13.7. The number of carbonyl (C=O) groups excluding carboxylic acids is 3. The van der Waals surface area contributed by atoms with Crippen LogP contribution in [-0.4, -0.2) is 75.3 Å². The topological polar surface area (TPSA) is 157 Å². The Morgan fingerprint density at radius 1 is 1.26 bits per heavy atom. The van der Waals surface area contributed by atoms with Gasteiger partial charge in [-0.15, -0.1) is 11.3 Å². The second kappa shape index (κ2) is 11.0. The summed E-state index contributed by atoms with van der Waals surface area (Å²) in [5, 5.41) is 18.3. The molecule has 1 aromatic rings. The van der Waals surface area contributed by atoms with Gasteiger partial charge in [0.25, 0.3) is 11.8 Å². The maximum Gasteiger partial charge on any atom is 0.347 e. The second-order valence-electron chi connectivity index (χ2n) is 8.69. The highest BCUT2D eigenvalue weighted by atomic mass is 32.1. The third-order valence-electron chi connectivity index (χ3n) is 6.25. The number of carboxylic acids is 1. The first-order valence-corrected chi connectivity index (χ1v) is 12.2. The van der Waals surface area contributed by atoms with Crippen LogP contribution >= 0.6 is 11.3 Å². The lowest BCUT2D eigenvalue weighted by Gasteiger charge is -2.36. The van der Waals surface area contributed by atoms with E-state index in [1.165, 1.54) is 15.2 Å².